The van der Waals surface area contributed by atoms with Crippen LogP contribution in [0.5, 0.6) is 34.5 Å². The minimum atomic E-state index is -1.69. The summed E-state index contributed by atoms with van der Waals surface area (Å²) in [5.74, 6) is -3.72. The summed E-state index contributed by atoms with van der Waals surface area (Å²) in [6.45, 7) is -0.658. The molecule has 1 fully saturated rings. The number of fused-ring (bicyclic) bond motifs is 1. The molecule has 2 aliphatic rings. The van der Waals surface area contributed by atoms with E-state index in [4.69, 9.17) is 14.2 Å². The topological polar surface area (TPSA) is 207 Å². The van der Waals surface area contributed by atoms with Crippen LogP contribution in [0.25, 0.3) is 6.08 Å². The Labute approximate surface area is 185 Å². The molecule has 5 atom stereocenters. The number of aromatic hydroxyl groups is 4. The molecule has 1 saturated heterocycles. The van der Waals surface area contributed by atoms with Gasteiger partial charge in [-0.15, -0.1) is 0 Å². The van der Waals surface area contributed by atoms with Crippen molar-refractivity contribution in [2.24, 2.45) is 0 Å². The van der Waals surface area contributed by atoms with E-state index in [0.717, 1.165) is 18.2 Å². The average Bonchev–Trinajstić information content (AvgIpc) is 3.07. The van der Waals surface area contributed by atoms with Gasteiger partial charge in [0.1, 0.15) is 47.2 Å². The number of hydrogen-bond acceptors (Lipinski definition) is 12. The first-order chi connectivity index (χ1) is 15.6. The first-order valence-electron chi connectivity index (χ1n) is 9.64. The molecular formula is C21H20O12. The number of allylic oxidation sites excluding steroid dienone is 1. The van der Waals surface area contributed by atoms with Gasteiger partial charge in [0.2, 0.25) is 12.1 Å². The minimum Gasteiger partial charge on any atom is -0.507 e. The van der Waals surface area contributed by atoms with E-state index in [1.54, 1.807) is 0 Å². The number of carbonyl (C=O) groups excluding carboxylic acids is 1. The molecule has 0 radical (unpaired) electrons. The third-order valence-electron chi connectivity index (χ3n) is 5.22. The minimum absolute atomic E-state index is 0.113. The zero-order valence-electron chi connectivity index (χ0n) is 16.7. The number of ether oxygens (including phenoxy) is 3. The predicted octanol–water partition coefficient (Wildman–Crippen LogP) is -0.696. The monoisotopic (exact) mass is 464 g/mol. The number of carbonyl (C=O) groups is 1. The number of ketones is 1. The standard InChI is InChI=1S/C21H20O12/c22-6-14-18(28)19(29)20(30)21(33-14)31-8-4-9(23)15-12(5-8)32-13(17(15)27)3-7-1-10(24)16(26)11(25)2-7/h1-5,14,18-26,28-30H,6H2/t14?,18-,19+,20?,21-/m1/s1. The molecule has 0 aromatic heterocycles. The second-order valence-corrected chi connectivity index (χ2v) is 7.48. The maximum Gasteiger partial charge on any atom is 0.235 e. The SMILES string of the molecule is O=C1C(=Cc2cc(O)c(O)c(O)c2)Oc2cc(O[C@@H]3OC(CO)[C@@H](O)[C@H](O)C3O)cc(O)c21. The van der Waals surface area contributed by atoms with Crippen LogP contribution in [0.2, 0.25) is 0 Å². The Hall–Kier alpha value is -3.55. The van der Waals surface area contributed by atoms with Gasteiger partial charge in [0.05, 0.1) is 6.61 Å². The Balaban J connectivity index is 1.60. The molecule has 33 heavy (non-hydrogen) atoms. The van der Waals surface area contributed by atoms with E-state index < -0.39 is 66.1 Å². The van der Waals surface area contributed by atoms with Crippen LogP contribution in [0, 0.1) is 0 Å². The molecule has 2 heterocycles. The molecule has 0 spiro atoms. The van der Waals surface area contributed by atoms with Gasteiger partial charge in [0, 0.05) is 12.1 Å². The van der Waals surface area contributed by atoms with E-state index in [2.05, 4.69) is 0 Å². The lowest BCUT2D eigenvalue weighted by atomic mass is 9.99. The van der Waals surface area contributed by atoms with Gasteiger partial charge in [0.15, 0.2) is 23.0 Å². The summed E-state index contributed by atoms with van der Waals surface area (Å²) in [5, 5.41) is 78.1. The lowest BCUT2D eigenvalue weighted by Gasteiger charge is -2.39. The zero-order valence-corrected chi connectivity index (χ0v) is 16.7. The van der Waals surface area contributed by atoms with Crippen LogP contribution in [0.15, 0.2) is 30.0 Å². The third kappa shape index (κ3) is 4.01. The summed E-state index contributed by atoms with van der Waals surface area (Å²) >= 11 is 0. The molecule has 0 bridgehead atoms. The summed E-state index contributed by atoms with van der Waals surface area (Å²) < 4.78 is 16.1. The molecule has 12 heteroatoms. The Morgan fingerprint density at radius 2 is 1.58 bits per heavy atom. The fourth-order valence-electron chi connectivity index (χ4n) is 3.49. The highest BCUT2D eigenvalue weighted by molar-refractivity contribution is 6.16. The number of hydrogen-bond donors (Lipinski definition) is 8. The zero-order chi connectivity index (χ0) is 24.0. The van der Waals surface area contributed by atoms with Crippen molar-refractivity contribution < 1.29 is 59.9 Å². The highest BCUT2D eigenvalue weighted by Crippen LogP contribution is 2.42. The number of phenols is 4. The molecular weight excluding hydrogens is 444 g/mol. The number of aliphatic hydroxyl groups excluding tert-OH is 4. The molecule has 0 amide bonds. The quantitative estimate of drug-likeness (QED) is 0.209. The molecule has 2 aromatic rings. The summed E-state index contributed by atoms with van der Waals surface area (Å²) in [6, 6.07) is 4.41. The molecule has 176 valence electrons. The van der Waals surface area contributed by atoms with Gasteiger partial charge in [-0.1, -0.05) is 0 Å². The molecule has 4 rings (SSSR count). The molecule has 8 N–H and O–H groups in total. The Bertz CT molecular complexity index is 1100. The van der Waals surface area contributed by atoms with E-state index in [1.165, 1.54) is 12.1 Å². The largest absolute Gasteiger partial charge is 0.507 e. The molecule has 2 unspecified atom stereocenters. The highest BCUT2D eigenvalue weighted by Gasteiger charge is 2.45. The van der Waals surface area contributed by atoms with Gasteiger partial charge < -0.3 is 55.1 Å². The molecule has 2 aliphatic heterocycles. The first kappa shape index (κ1) is 22.6. The lowest BCUT2D eigenvalue weighted by molar-refractivity contribution is -0.277. The van der Waals surface area contributed by atoms with Crippen LogP contribution in [-0.2, 0) is 4.74 Å². The fourth-order valence-corrected chi connectivity index (χ4v) is 3.49. The Morgan fingerprint density at radius 3 is 2.21 bits per heavy atom. The van der Waals surface area contributed by atoms with Crippen LogP contribution >= 0.6 is 0 Å². The van der Waals surface area contributed by atoms with Crippen molar-refractivity contribution in [3.8, 4) is 34.5 Å². The highest BCUT2D eigenvalue weighted by atomic mass is 16.7. The van der Waals surface area contributed by atoms with E-state index in [0.29, 0.717) is 0 Å². The van der Waals surface area contributed by atoms with Gasteiger partial charge in [0.25, 0.3) is 0 Å². The van der Waals surface area contributed by atoms with Gasteiger partial charge in [-0.3, -0.25) is 4.79 Å². The maximum absolute atomic E-state index is 12.7. The lowest BCUT2D eigenvalue weighted by Crippen LogP contribution is -2.60. The van der Waals surface area contributed by atoms with Crippen molar-refractivity contribution in [3.63, 3.8) is 0 Å². The van der Waals surface area contributed by atoms with Gasteiger partial charge in [-0.05, 0) is 23.8 Å². The Kier molecular flexibility index (Phi) is 5.78. The first-order valence-corrected chi connectivity index (χ1v) is 9.64. The van der Waals surface area contributed by atoms with Gasteiger partial charge in [-0.25, -0.2) is 0 Å². The average molecular weight is 464 g/mol. The van der Waals surface area contributed by atoms with Crippen molar-refractivity contribution in [2.75, 3.05) is 6.61 Å². The summed E-state index contributed by atoms with van der Waals surface area (Å²) in [7, 11) is 0. The van der Waals surface area contributed by atoms with Gasteiger partial charge >= 0.3 is 0 Å². The Morgan fingerprint density at radius 1 is 0.909 bits per heavy atom. The van der Waals surface area contributed by atoms with Crippen LogP contribution in [0.4, 0.5) is 0 Å². The normalized spacial score (nSPS) is 27.9. The number of rotatable bonds is 4. The van der Waals surface area contributed by atoms with E-state index in [9.17, 15) is 45.6 Å². The summed E-state index contributed by atoms with van der Waals surface area (Å²) in [5.41, 5.74) is -0.0779. The summed E-state index contributed by atoms with van der Waals surface area (Å²) in [6.07, 6.45) is -6.50. The van der Waals surface area contributed by atoms with Crippen LogP contribution in [-0.4, -0.2) is 83.9 Å². The molecule has 0 aliphatic carbocycles. The van der Waals surface area contributed by atoms with Crippen molar-refractivity contribution in [1.29, 1.82) is 0 Å². The maximum atomic E-state index is 12.7. The van der Waals surface area contributed by atoms with E-state index in [-0.39, 0.29) is 28.4 Å². The number of aliphatic hydroxyl groups is 4. The predicted molar refractivity (Wildman–Crippen MR) is 107 cm³/mol. The fraction of sp³-hybridized carbons (Fsp3) is 0.286. The van der Waals surface area contributed by atoms with Crippen LogP contribution < -0.4 is 9.47 Å². The molecule has 0 saturated carbocycles. The van der Waals surface area contributed by atoms with Crippen LogP contribution in [0.3, 0.4) is 0 Å². The van der Waals surface area contributed by atoms with Crippen LogP contribution in [0.1, 0.15) is 15.9 Å². The molecule has 2 aromatic carbocycles. The number of phenolic OH excluding ortho intramolecular Hbond substituents is 4. The number of benzene rings is 2. The smallest absolute Gasteiger partial charge is 0.235 e. The van der Waals surface area contributed by atoms with Crippen molar-refractivity contribution in [2.45, 2.75) is 30.7 Å². The second-order valence-electron chi connectivity index (χ2n) is 7.48. The van der Waals surface area contributed by atoms with Crippen molar-refractivity contribution >= 4 is 11.9 Å². The van der Waals surface area contributed by atoms with Crippen molar-refractivity contribution in [3.05, 3.63) is 41.2 Å². The molecule has 12 nitrogen and oxygen atoms in total. The summed E-state index contributed by atoms with van der Waals surface area (Å²) in [4.78, 5) is 12.7. The van der Waals surface area contributed by atoms with Crippen molar-refractivity contribution in [1.82, 2.24) is 0 Å². The van der Waals surface area contributed by atoms with Gasteiger partial charge in [-0.2, -0.15) is 0 Å². The second kappa shape index (κ2) is 8.42. The van der Waals surface area contributed by atoms with E-state index >= 15 is 0 Å². The van der Waals surface area contributed by atoms with E-state index in [1.807, 2.05) is 0 Å². The third-order valence-corrected chi connectivity index (χ3v) is 5.22. The number of Topliss-reactive ketones (excluding diaryl/α,β-unsaturated/α-hetero) is 1.